The third-order valence-corrected chi connectivity index (χ3v) is 3.40. The van der Waals surface area contributed by atoms with Gasteiger partial charge in [-0.2, -0.15) is 9.98 Å². The van der Waals surface area contributed by atoms with Gasteiger partial charge < -0.3 is 19.9 Å². The van der Waals surface area contributed by atoms with E-state index in [1.54, 1.807) is 26.0 Å². The maximum atomic E-state index is 10.00. The number of amides is 1. The number of aryl methyl sites for hydroxylation is 1. The molecule has 1 saturated heterocycles. The Morgan fingerprint density at radius 3 is 2.33 bits per heavy atom. The van der Waals surface area contributed by atoms with Crippen molar-refractivity contribution in [1.82, 2.24) is 0 Å². The van der Waals surface area contributed by atoms with Crippen molar-refractivity contribution < 1.29 is 28.6 Å². The number of epoxide rings is 1. The zero-order chi connectivity index (χ0) is 22.2. The number of aliphatic imine (C=N–C) groups is 2. The molecule has 1 aliphatic heterocycles. The fraction of sp³-hybridized carbons (Fsp3) is 0.286. The van der Waals surface area contributed by atoms with E-state index in [2.05, 4.69) is 20.5 Å². The van der Waals surface area contributed by atoms with Crippen LogP contribution < -0.4 is 10.5 Å². The Balaban J connectivity index is 0.000000241. The Labute approximate surface area is 174 Å². The minimum atomic E-state index is -0.711. The summed E-state index contributed by atoms with van der Waals surface area (Å²) in [5.41, 5.74) is 6.26. The van der Waals surface area contributed by atoms with Gasteiger partial charge >= 0.3 is 6.09 Å². The first-order valence-corrected chi connectivity index (χ1v) is 8.98. The molecule has 0 bridgehead atoms. The van der Waals surface area contributed by atoms with Gasteiger partial charge in [0.1, 0.15) is 18.5 Å². The Morgan fingerprint density at radius 2 is 1.83 bits per heavy atom. The monoisotopic (exact) mass is 413 g/mol. The van der Waals surface area contributed by atoms with E-state index in [1.165, 1.54) is 18.2 Å². The van der Waals surface area contributed by atoms with Crippen LogP contribution in [-0.2, 0) is 19.1 Å². The Kier molecular flexibility index (Phi) is 11.5. The third-order valence-electron chi connectivity index (χ3n) is 3.40. The third kappa shape index (κ3) is 11.2. The highest BCUT2D eigenvalue weighted by Crippen LogP contribution is 2.23. The molecule has 1 atom stereocenters. The molecular weight excluding hydrogens is 390 g/mol. The summed E-state index contributed by atoms with van der Waals surface area (Å²) in [4.78, 5) is 36.4. The molecule has 1 unspecified atom stereocenters. The number of isocyanates is 2. The van der Waals surface area contributed by atoms with Crippen LogP contribution in [0.15, 0.2) is 58.5 Å². The molecule has 0 aromatic heterocycles. The van der Waals surface area contributed by atoms with E-state index < -0.39 is 6.09 Å². The number of hydrogen-bond acceptors (Lipinski definition) is 8. The SMILES string of the molecule is CCOC(N)=O.Cc1ccc(N=C=O)cc1N=C=O.c1ccc(OCC2CO2)cc1. The van der Waals surface area contributed by atoms with E-state index >= 15 is 0 Å². The fourth-order valence-electron chi connectivity index (χ4n) is 1.90. The molecule has 0 saturated carbocycles. The molecule has 2 N–H and O–H groups in total. The fourth-order valence-corrected chi connectivity index (χ4v) is 1.90. The van der Waals surface area contributed by atoms with Gasteiger partial charge in [-0.1, -0.05) is 24.3 Å². The maximum Gasteiger partial charge on any atom is 0.404 e. The number of rotatable bonds is 6. The van der Waals surface area contributed by atoms with Gasteiger partial charge in [0.2, 0.25) is 12.2 Å². The Bertz CT molecular complexity index is 887. The highest BCUT2D eigenvalue weighted by molar-refractivity contribution is 5.64. The number of benzene rings is 2. The van der Waals surface area contributed by atoms with E-state index in [4.69, 9.17) is 9.47 Å². The molecule has 2 aromatic carbocycles. The van der Waals surface area contributed by atoms with Crippen molar-refractivity contribution in [1.29, 1.82) is 0 Å². The summed E-state index contributed by atoms with van der Waals surface area (Å²) in [7, 11) is 0. The van der Waals surface area contributed by atoms with E-state index in [0.717, 1.165) is 17.9 Å². The van der Waals surface area contributed by atoms with Crippen molar-refractivity contribution in [3.05, 3.63) is 54.1 Å². The summed E-state index contributed by atoms with van der Waals surface area (Å²) < 4.78 is 14.6. The molecule has 1 amide bonds. The summed E-state index contributed by atoms with van der Waals surface area (Å²) >= 11 is 0. The molecule has 9 nitrogen and oxygen atoms in total. The lowest BCUT2D eigenvalue weighted by atomic mass is 10.2. The number of carbonyl (C=O) groups is 1. The van der Waals surface area contributed by atoms with Crippen LogP contribution in [0.3, 0.4) is 0 Å². The summed E-state index contributed by atoms with van der Waals surface area (Å²) in [6, 6.07) is 14.7. The molecule has 158 valence electrons. The smallest absolute Gasteiger partial charge is 0.404 e. The van der Waals surface area contributed by atoms with Crippen LogP contribution in [0, 0.1) is 6.92 Å². The van der Waals surface area contributed by atoms with Gasteiger partial charge in [-0.25, -0.2) is 14.4 Å². The molecule has 0 radical (unpaired) electrons. The molecule has 0 spiro atoms. The number of nitrogens with zero attached hydrogens (tertiary/aromatic N) is 2. The first-order chi connectivity index (χ1) is 14.5. The van der Waals surface area contributed by atoms with Gasteiger partial charge in [0, 0.05) is 0 Å². The van der Waals surface area contributed by atoms with E-state index in [1.807, 2.05) is 30.3 Å². The lowest BCUT2D eigenvalue weighted by Crippen LogP contribution is -2.11. The first-order valence-electron chi connectivity index (χ1n) is 8.98. The van der Waals surface area contributed by atoms with Crippen LogP contribution in [0.4, 0.5) is 16.2 Å². The molecule has 3 rings (SSSR count). The minimum absolute atomic E-state index is 0.343. The van der Waals surface area contributed by atoms with Crippen molar-refractivity contribution in [2.24, 2.45) is 15.7 Å². The van der Waals surface area contributed by atoms with Gasteiger partial charge in [-0.3, -0.25) is 0 Å². The van der Waals surface area contributed by atoms with Crippen molar-refractivity contribution >= 4 is 29.6 Å². The van der Waals surface area contributed by atoms with Gasteiger partial charge in [0.05, 0.1) is 24.6 Å². The summed E-state index contributed by atoms with van der Waals surface area (Å²) in [5, 5.41) is 0. The lowest BCUT2D eigenvalue weighted by molar-refractivity contribution is 0.163. The van der Waals surface area contributed by atoms with E-state index in [0.29, 0.717) is 30.7 Å². The molecule has 9 heteroatoms. The number of primary amides is 1. The number of nitrogens with two attached hydrogens (primary N) is 1. The van der Waals surface area contributed by atoms with Crippen molar-refractivity contribution in [3.63, 3.8) is 0 Å². The second-order valence-corrected chi connectivity index (χ2v) is 5.71. The lowest BCUT2D eigenvalue weighted by Gasteiger charge is -2.01. The number of para-hydroxylation sites is 1. The molecule has 2 aromatic rings. The van der Waals surface area contributed by atoms with Crippen LogP contribution >= 0.6 is 0 Å². The van der Waals surface area contributed by atoms with Crippen molar-refractivity contribution in [2.75, 3.05) is 19.8 Å². The molecule has 1 fully saturated rings. The quantitative estimate of drug-likeness (QED) is 0.438. The molecule has 1 heterocycles. The second kappa shape index (κ2) is 14.3. The predicted molar refractivity (Wildman–Crippen MR) is 110 cm³/mol. The first kappa shape index (κ1) is 24.3. The predicted octanol–water partition coefficient (Wildman–Crippen LogP) is 3.50. The Hall–Kier alpha value is -3.77. The number of carbonyl (C=O) groups excluding carboxylic acids is 3. The normalized spacial score (nSPS) is 12.9. The molecule has 0 aliphatic carbocycles. The van der Waals surface area contributed by atoms with Crippen LogP contribution in [-0.4, -0.2) is 44.2 Å². The van der Waals surface area contributed by atoms with Crippen LogP contribution in [0.5, 0.6) is 5.75 Å². The van der Waals surface area contributed by atoms with E-state index in [-0.39, 0.29) is 0 Å². The molecule has 1 aliphatic rings. The standard InChI is InChI=1S/C9H6N2O2.C9H10O2.C3H7NO2/c1-7-2-3-8(10-5-12)4-9(7)11-6-13;1-2-4-8(5-3-1)10-6-9-7-11-9;1-2-6-3(4)5/h2-4H,1H3;1-5,9H,6-7H2;2H2,1H3,(H2,4,5). The van der Waals surface area contributed by atoms with Gasteiger partial charge in [-0.15, -0.1) is 0 Å². The average molecular weight is 413 g/mol. The van der Waals surface area contributed by atoms with Crippen LogP contribution in [0.25, 0.3) is 0 Å². The highest BCUT2D eigenvalue weighted by atomic mass is 16.6. The summed E-state index contributed by atoms with van der Waals surface area (Å²) in [6.45, 7) is 5.39. The van der Waals surface area contributed by atoms with Crippen molar-refractivity contribution in [2.45, 2.75) is 20.0 Å². The van der Waals surface area contributed by atoms with Gasteiger partial charge in [0.25, 0.3) is 0 Å². The number of ether oxygens (including phenoxy) is 3. The highest BCUT2D eigenvalue weighted by Gasteiger charge is 2.22. The van der Waals surface area contributed by atoms with Crippen molar-refractivity contribution in [3.8, 4) is 5.75 Å². The second-order valence-electron chi connectivity index (χ2n) is 5.71. The largest absolute Gasteiger partial charge is 0.491 e. The average Bonchev–Trinajstić information content (AvgIpc) is 3.56. The van der Waals surface area contributed by atoms with Gasteiger partial charge in [0.15, 0.2) is 0 Å². The topological polar surface area (TPSA) is 133 Å². The summed E-state index contributed by atoms with van der Waals surface area (Å²) in [6.07, 6.45) is 2.47. The van der Waals surface area contributed by atoms with Crippen LogP contribution in [0.1, 0.15) is 12.5 Å². The summed E-state index contributed by atoms with van der Waals surface area (Å²) in [5.74, 6) is 0.919. The Morgan fingerprint density at radius 1 is 1.17 bits per heavy atom. The van der Waals surface area contributed by atoms with Crippen LogP contribution in [0.2, 0.25) is 0 Å². The maximum absolute atomic E-state index is 10.00. The molecular formula is C21H23N3O6. The minimum Gasteiger partial charge on any atom is -0.491 e. The number of hydrogen-bond donors (Lipinski definition) is 1. The van der Waals surface area contributed by atoms with Gasteiger partial charge in [-0.05, 0) is 43.7 Å². The molecule has 30 heavy (non-hydrogen) atoms. The van der Waals surface area contributed by atoms with E-state index in [9.17, 15) is 14.4 Å². The zero-order valence-corrected chi connectivity index (χ0v) is 16.7. The zero-order valence-electron chi connectivity index (χ0n) is 16.7.